The SMILES string of the molecule is [2H]c1cc(C([2H])([2H])C(C)(C)C)cc(-c2c(C)ccc3c2oc2ccc([N+]#[C-])cc23)[n+]1C. The lowest BCUT2D eigenvalue weighted by molar-refractivity contribution is -0.660. The topological polar surface area (TPSA) is 21.4 Å². The summed E-state index contributed by atoms with van der Waals surface area (Å²) in [7, 11) is 1.81. The van der Waals surface area contributed by atoms with Crippen molar-refractivity contribution < 1.29 is 13.1 Å². The summed E-state index contributed by atoms with van der Waals surface area (Å²) in [5, 5.41) is 1.77. The molecule has 0 N–H and O–H groups in total. The van der Waals surface area contributed by atoms with Crippen LogP contribution >= 0.6 is 0 Å². The molecular weight excluding hydrogens is 344 g/mol. The van der Waals surface area contributed by atoms with Crippen LogP contribution in [0.2, 0.25) is 0 Å². The van der Waals surface area contributed by atoms with E-state index in [4.69, 9.17) is 15.1 Å². The van der Waals surface area contributed by atoms with Gasteiger partial charge in [0.15, 0.2) is 11.9 Å². The number of aromatic nitrogens is 1. The molecular formula is C25H25N2O+. The molecule has 0 amide bonds. The van der Waals surface area contributed by atoms with Crippen LogP contribution in [0.1, 0.15) is 36.0 Å². The predicted octanol–water partition coefficient (Wildman–Crippen LogP) is 6.53. The molecule has 0 aliphatic heterocycles. The van der Waals surface area contributed by atoms with Crippen molar-refractivity contribution in [3.8, 4) is 11.3 Å². The number of pyridine rings is 1. The first-order valence-corrected chi connectivity index (χ1v) is 9.30. The van der Waals surface area contributed by atoms with Crippen LogP contribution in [-0.4, -0.2) is 0 Å². The van der Waals surface area contributed by atoms with Gasteiger partial charge in [0.1, 0.15) is 19.6 Å². The Morgan fingerprint density at radius 3 is 2.64 bits per heavy atom. The maximum Gasteiger partial charge on any atom is 0.216 e. The van der Waals surface area contributed by atoms with E-state index in [0.717, 1.165) is 27.6 Å². The second kappa shape index (κ2) is 6.49. The molecule has 0 fully saturated rings. The third kappa shape index (κ3) is 3.16. The normalized spacial score (nSPS) is 13.9. The Morgan fingerprint density at radius 1 is 1.14 bits per heavy atom. The fourth-order valence-electron chi connectivity index (χ4n) is 3.58. The van der Waals surface area contributed by atoms with E-state index in [1.165, 1.54) is 0 Å². The molecule has 3 heteroatoms. The molecule has 0 aliphatic carbocycles. The zero-order valence-electron chi connectivity index (χ0n) is 19.8. The first kappa shape index (κ1) is 14.9. The van der Waals surface area contributed by atoms with E-state index in [-0.39, 0.29) is 6.17 Å². The zero-order valence-corrected chi connectivity index (χ0v) is 16.8. The highest BCUT2D eigenvalue weighted by Crippen LogP contribution is 2.38. The van der Waals surface area contributed by atoms with Crippen molar-refractivity contribution >= 4 is 27.6 Å². The van der Waals surface area contributed by atoms with E-state index in [0.29, 0.717) is 22.4 Å². The van der Waals surface area contributed by atoms with Crippen LogP contribution in [0.5, 0.6) is 0 Å². The van der Waals surface area contributed by atoms with E-state index >= 15 is 0 Å². The van der Waals surface area contributed by atoms with Gasteiger partial charge in [-0.2, -0.15) is 0 Å². The van der Waals surface area contributed by atoms with Crippen molar-refractivity contribution in [2.45, 2.75) is 34.1 Å². The average Bonchev–Trinajstić information content (AvgIpc) is 3.06. The highest BCUT2D eigenvalue weighted by Gasteiger charge is 2.22. The van der Waals surface area contributed by atoms with Crippen molar-refractivity contribution in [1.82, 2.24) is 0 Å². The second-order valence-corrected chi connectivity index (χ2v) is 8.22. The minimum Gasteiger partial charge on any atom is -0.455 e. The molecule has 0 atom stereocenters. The Morgan fingerprint density at radius 2 is 1.93 bits per heavy atom. The maximum atomic E-state index is 8.72. The summed E-state index contributed by atoms with van der Waals surface area (Å²) in [5.74, 6) is 0. The van der Waals surface area contributed by atoms with Crippen LogP contribution in [0, 0.1) is 18.9 Å². The maximum absolute atomic E-state index is 8.72. The number of fused-ring (bicyclic) bond motifs is 3. The Hall–Kier alpha value is -3.12. The lowest BCUT2D eigenvalue weighted by Gasteiger charge is -2.18. The van der Waals surface area contributed by atoms with Gasteiger partial charge in [-0.1, -0.05) is 39.0 Å². The van der Waals surface area contributed by atoms with E-state index in [1.807, 2.05) is 65.1 Å². The summed E-state index contributed by atoms with van der Waals surface area (Å²) in [6.07, 6.45) is -1.39. The molecule has 4 rings (SSSR count). The number of rotatable bonds is 2. The van der Waals surface area contributed by atoms with Crippen LogP contribution in [0.3, 0.4) is 0 Å². The minimum atomic E-state index is -1.62. The van der Waals surface area contributed by atoms with Crippen LogP contribution in [0.4, 0.5) is 5.69 Å². The smallest absolute Gasteiger partial charge is 0.216 e. The van der Waals surface area contributed by atoms with Gasteiger partial charge in [0.2, 0.25) is 5.69 Å². The molecule has 0 saturated heterocycles. The molecule has 4 aromatic rings. The lowest BCUT2D eigenvalue weighted by Crippen LogP contribution is -2.31. The fraction of sp³-hybridized carbons (Fsp3) is 0.280. The fourth-order valence-corrected chi connectivity index (χ4v) is 3.58. The monoisotopic (exact) mass is 372 g/mol. The van der Waals surface area contributed by atoms with Crippen LogP contribution < -0.4 is 4.57 Å². The summed E-state index contributed by atoms with van der Waals surface area (Å²) < 4.78 is 33.9. The van der Waals surface area contributed by atoms with Crippen LogP contribution in [0.25, 0.3) is 38.0 Å². The summed E-state index contributed by atoms with van der Waals surface area (Å²) in [5.41, 5.74) is 4.30. The summed E-state index contributed by atoms with van der Waals surface area (Å²) in [4.78, 5) is 3.53. The molecule has 0 radical (unpaired) electrons. The Kier molecular flexibility index (Phi) is 3.45. The molecule has 28 heavy (non-hydrogen) atoms. The molecule has 140 valence electrons. The van der Waals surface area contributed by atoms with Crippen molar-refractivity contribution in [2.75, 3.05) is 0 Å². The molecule has 0 bridgehead atoms. The first-order chi connectivity index (χ1) is 14.5. The number of nitrogens with zero attached hydrogens (tertiary/aromatic N) is 2. The summed E-state index contributed by atoms with van der Waals surface area (Å²) in [6, 6.07) is 12.8. The van der Waals surface area contributed by atoms with E-state index in [9.17, 15) is 0 Å². The molecule has 0 aliphatic rings. The quantitative estimate of drug-likeness (QED) is 0.290. The Balaban J connectivity index is 2.08. The third-order valence-electron chi connectivity index (χ3n) is 4.80. The molecule has 2 aromatic carbocycles. The highest BCUT2D eigenvalue weighted by molar-refractivity contribution is 6.10. The van der Waals surface area contributed by atoms with Crippen molar-refractivity contribution in [2.24, 2.45) is 12.5 Å². The number of furan rings is 1. The molecule has 3 nitrogen and oxygen atoms in total. The number of aryl methyl sites for hydroxylation is 1. The first-order valence-electron chi connectivity index (χ1n) is 10.8. The Bertz CT molecular complexity index is 1390. The number of benzene rings is 2. The Labute approximate surface area is 170 Å². The van der Waals surface area contributed by atoms with Gasteiger partial charge in [0.05, 0.1) is 12.1 Å². The van der Waals surface area contributed by atoms with Gasteiger partial charge < -0.3 is 4.42 Å². The van der Waals surface area contributed by atoms with Crippen molar-refractivity contribution in [1.29, 1.82) is 0 Å². The lowest BCUT2D eigenvalue weighted by atomic mass is 9.88. The summed E-state index contributed by atoms with van der Waals surface area (Å²) >= 11 is 0. The number of hydrogen-bond acceptors (Lipinski definition) is 1. The van der Waals surface area contributed by atoms with Gasteiger partial charge in [0.25, 0.3) is 0 Å². The van der Waals surface area contributed by atoms with E-state index in [1.54, 1.807) is 16.7 Å². The van der Waals surface area contributed by atoms with Gasteiger partial charge in [-0.05, 0) is 42.0 Å². The summed E-state index contributed by atoms with van der Waals surface area (Å²) in [6.45, 7) is 14.9. The molecule has 0 unspecified atom stereocenters. The third-order valence-corrected chi connectivity index (χ3v) is 4.80. The average molecular weight is 373 g/mol. The van der Waals surface area contributed by atoms with Gasteiger partial charge in [-0.25, -0.2) is 9.41 Å². The molecule has 2 heterocycles. The molecule has 0 saturated carbocycles. The minimum absolute atomic E-state index is 0.225. The number of hydrogen-bond donors (Lipinski definition) is 0. The van der Waals surface area contributed by atoms with Crippen molar-refractivity contribution in [3.63, 3.8) is 0 Å². The van der Waals surface area contributed by atoms with Crippen LogP contribution in [0.15, 0.2) is 53.1 Å². The molecule has 2 aromatic heterocycles. The van der Waals surface area contributed by atoms with Gasteiger partial charge in [0, 0.05) is 25.6 Å². The van der Waals surface area contributed by atoms with Gasteiger partial charge in [-0.15, -0.1) is 0 Å². The van der Waals surface area contributed by atoms with Crippen molar-refractivity contribution in [3.05, 3.63) is 71.2 Å². The predicted molar refractivity (Wildman–Crippen MR) is 114 cm³/mol. The molecule has 0 spiro atoms. The van der Waals surface area contributed by atoms with Crippen LogP contribution in [-0.2, 0) is 13.4 Å². The largest absolute Gasteiger partial charge is 0.455 e. The standard InChI is InChI=1S/C25H25N2O/c1-16-7-9-19-20-14-18(26-5)8-10-22(20)28-24(19)23(16)21-13-17(11-12-27(21)6)15-25(2,3)4/h7-14H,15H2,1-4,6H3/q+1/i12D,15D2. The van der Waals surface area contributed by atoms with E-state index in [2.05, 4.69) is 4.85 Å². The van der Waals surface area contributed by atoms with Gasteiger partial charge in [-0.3, -0.25) is 0 Å². The zero-order chi connectivity index (χ0) is 22.7. The van der Waals surface area contributed by atoms with E-state index < -0.39 is 11.8 Å². The van der Waals surface area contributed by atoms with Gasteiger partial charge >= 0.3 is 0 Å². The highest BCUT2D eigenvalue weighted by atomic mass is 16.3. The second-order valence-electron chi connectivity index (χ2n) is 8.22.